The molecule has 0 amide bonds. The molecule has 8 heteroatoms. The maximum Gasteiger partial charge on any atom is 0.294 e. The van der Waals surface area contributed by atoms with Gasteiger partial charge in [-0.25, -0.2) is 8.78 Å². The monoisotopic (exact) mass is 376 g/mol. The Bertz CT molecular complexity index is 713. The minimum atomic E-state index is -0.792. The van der Waals surface area contributed by atoms with Crippen LogP contribution < -0.4 is 5.32 Å². The predicted molar refractivity (Wildman–Crippen MR) is 79.5 cm³/mol. The Morgan fingerprint density at radius 2 is 1.95 bits per heavy atom. The minimum Gasteiger partial charge on any atom is -0.375 e. The van der Waals surface area contributed by atoms with Gasteiger partial charge in [-0.2, -0.15) is 0 Å². The quantitative estimate of drug-likeness (QED) is 0.609. The van der Waals surface area contributed by atoms with E-state index >= 15 is 0 Å². The zero-order valence-corrected chi connectivity index (χ0v) is 12.7. The summed E-state index contributed by atoms with van der Waals surface area (Å²) in [6.07, 6.45) is 0. The molecule has 2 aromatic carbocycles. The van der Waals surface area contributed by atoms with Gasteiger partial charge in [-0.3, -0.25) is 10.1 Å². The third-order valence-electron chi connectivity index (χ3n) is 2.71. The largest absolute Gasteiger partial charge is 0.375 e. The number of hydrogen-bond acceptors (Lipinski definition) is 3. The Labute approximate surface area is 132 Å². The average Bonchev–Trinajstić information content (AvgIpc) is 2.42. The highest BCUT2D eigenvalue weighted by molar-refractivity contribution is 9.10. The van der Waals surface area contributed by atoms with Crippen molar-refractivity contribution in [1.82, 2.24) is 0 Å². The van der Waals surface area contributed by atoms with E-state index in [4.69, 9.17) is 11.6 Å². The maximum absolute atomic E-state index is 13.6. The van der Waals surface area contributed by atoms with Crippen LogP contribution in [0.3, 0.4) is 0 Å². The van der Waals surface area contributed by atoms with Gasteiger partial charge >= 0.3 is 0 Å². The number of benzene rings is 2. The van der Waals surface area contributed by atoms with Crippen LogP contribution in [0.2, 0.25) is 5.02 Å². The molecule has 0 bridgehead atoms. The summed E-state index contributed by atoms with van der Waals surface area (Å²) < 4.78 is 27.7. The first-order valence-corrected chi connectivity index (χ1v) is 6.87. The molecule has 2 rings (SSSR count). The molecular formula is C13H8BrClF2N2O2. The van der Waals surface area contributed by atoms with Gasteiger partial charge in [0, 0.05) is 28.7 Å². The highest BCUT2D eigenvalue weighted by Gasteiger charge is 2.18. The smallest absolute Gasteiger partial charge is 0.294 e. The topological polar surface area (TPSA) is 55.2 Å². The van der Waals surface area contributed by atoms with Gasteiger partial charge in [0.05, 0.1) is 9.95 Å². The lowest BCUT2D eigenvalue weighted by atomic mass is 10.2. The summed E-state index contributed by atoms with van der Waals surface area (Å²) in [4.78, 5) is 10.2. The van der Waals surface area contributed by atoms with Crippen molar-refractivity contribution < 1.29 is 13.7 Å². The van der Waals surface area contributed by atoms with Crippen LogP contribution in [0.5, 0.6) is 0 Å². The zero-order valence-electron chi connectivity index (χ0n) is 10.4. The van der Waals surface area contributed by atoms with Crippen molar-refractivity contribution in [1.29, 1.82) is 0 Å². The first-order chi connectivity index (χ1) is 9.88. The number of nitrogens with zero attached hydrogens (tertiary/aromatic N) is 1. The molecule has 1 N–H and O–H groups in total. The molecule has 21 heavy (non-hydrogen) atoms. The van der Waals surface area contributed by atoms with Gasteiger partial charge in [0.1, 0.15) is 17.3 Å². The second kappa shape index (κ2) is 6.36. The molecule has 0 saturated heterocycles. The Balaban J connectivity index is 2.29. The van der Waals surface area contributed by atoms with Crippen molar-refractivity contribution in [2.24, 2.45) is 0 Å². The Hall–Kier alpha value is -1.73. The molecule has 2 aromatic rings. The summed E-state index contributed by atoms with van der Waals surface area (Å²) in [5, 5.41) is 13.2. The standard InChI is InChI=1S/C13H8BrClF2N2O2/c14-8-1-2-10(16)7(3-8)6-18-12-5-11(17)9(15)4-13(12)19(20)21/h1-5,18H,6H2. The summed E-state index contributed by atoms with van der Waals surface area (Å²) in [5.74, 6) is -1.26. The Kier molecular flexibility index (Phi) is 4.74. The van der Waals surface area contributed by atoms with Crippen LogP contribution >= 0.6 is 27.5 Å². The molecule has 0 aliphatic heterocycles. The number of nitrogens with one attached hydrogen (secondary N) is 1. The SMILES string of the molecule is O=[N+]([O-])c1cc(Cl)c(F)cc1NCc1cc(Br)ccc1F. The summed E-state index contributed by atoms with van der Waals surface area (Å²) in [7, 11) is 0. The molecular weight excluding hydrogens is 370 g/mol. The van der Waals surface area contributed by atoms with E-state index in [1.165, 1.54) is 18.2 Å². The van der Waals surface area contributed by atoms with Gasteiger partial charge < -0.3 is 5.32 Å². The van der Waals surface area contributed by atoms with Crippen LogP contribution in [0.1, 0.15) is 5.56 Å². The minimum absolute atomic E-state index is 0.0345. The fraction of sp³-hybridized carbons (Fsp3) is 0.0769. The molecule has 0 aliphatic rings. The van der Waals surface area contributed by atoms with E-state index in [-0.39, 0.29) is 28.5 Å². The fourth-order valence-electron chi connectivity index (χ4n) is 1.70. The van der Waals surface area contributed by atoms with Crippen molar-refractivity contribution in [3.05, 3.63) is 67.1 Å². The highest BCUT2D eigenvalue weighted by atomic mass is 79.9. The number of nitro groups is 1. The molecule has 110 valence electrons. The van der Waals surface area contributed by atoms with E-state index in [1.807, 2.05) is 0 Å². The maximum atomic E-state index is 13.6. The molecule has 0 unspecified atom stereocenters. The highest BCUT2D eigenvalue weighted by Crippen LogP contribution is 2.31. The van der Waals surface area contributed by atoms with Gasteiger partial charge in [-0.05, 0) is 18.2 Å². The molecule has 0 fully saturated rings. The molecule has 0 saturated carbocycles. The molecule has 0 aromatic heterocycles. The number of nitro benzene ring substituents is 1. The van der Waals surface area contributed by atoms with Gasteiger partial charge in [-0.15, -0.1) is 0 Å². The normalized spacial score (nSPS) is 10.5. The first kappa shape index (κ1) is 15.7. The van der Waals surface area contributed by atoms with Gasteiger partial charge in [0.15, 0.2) is 0 Å². The lowest BCUT2D eigenvalue weighted by Crippen LogP contribution is -2.05. The lowest BCUT2D eigenvalue weighted by Gasteiger charge is -2.09. The number of rotatable bonds is 4. The zero-order chi connectivity index (χ0) is 15.6. The van der Waals surface area contributed by atoms with Crippen LogP contribution in [0.4, 0.5) is 20.2 Å². The van der Waals surface area contributed by atoms with E-state index in [9.17, 15) is 18.9 Å². The van der Waals surface area contributed by atoms with E-state index in [0.29, 0.717) is 4.47 Å². The van der Waals surface area contributed by atoms with Crippen LogP contribution in [0.15, 0.2) is 34.8 Å². The van der Waals surface area contributed by atoms with Crippen LogP contribution in [-0.4, -0.2) is 4.92 Å². The van der Waals surface area contributed by atoms with Gasteiger partial charge in [0.2, 0.25) is 0 Å². The van der Waals surface area contributed by atoms with Crippen molar-refractivity contribution in [2.75, 3.05) is 5.32 Å². The molecule has 4 nitrogen and oxygen atoms in total. The molecule has 0 atom stereocenters. The van der Waals surface area contributed by atoms with Crippen molar-refractivity contribution >= 4 is 38.9 Å². The molecule has 0 spiro atoms. The van der Waals surface area contributed by atoms with Crippen LogP contribution in [-0.2, 0) is 6.54 Å². The van der Waals surface area contributed by atoms with Crippen molar-refractivity contribution in [2.45, 2.75) is 6.54 Å². The molecule has 0 radical (unpaired) electrons. The number of hydrogen-bond donors (Lipinski definition) is 1. The van der Waals surface area contributed by atoms with E-state index in [0.717, 1.165) is 12.1 Å². The fourth-order valence-corrected chi connectivity index (χ4v) is 2.26. The summed E-state index contributed by atoms with van der Waals surface area (Å²) in [5.41, 5.74) is -0.160. The molecule has 0 aliphatic carbocycles. The second-order valence-corrected chi connectivity index (χ2v) is 5.45. The predicted octanol–water partition coefficient (Wildman–Crippen LogP) is 4.90. The van der Waals surface area contributed by atoms with Crippen LogP contribution in [0, 0.1) is 21.7 Å². The average molecular weight is 378 g/mol. The summed E-state index contributed by atoms with van der Waals surface area (Å²) in [6, 6.07) is 6.15. The first-order valence-electron chi connectivity index (χ1n) is 5.69. The lowest BCUT2D eigenvalue weighted by molar-refractivity contribution is -0.384. The van der Waals surface area contributed by atoms with E-state index in [1.54, 1.807) is 0 Å². The van der Waals surface area contributed by atoms with E-state index < -0.39 is 16.6 Å². The van der Waals surface area contributed by atoms with Gasteiger partial charge in [-0.1, -0.05) is 27.5 Å². The Morgan fingerprint density at radius 3 is 2.62 bits per heavy atom. The van der Waals surface area contributed by atoms with Crippen molar-refractivity contribution in [3.8, 4) is 0 Å². The molecule has 0 heterocycles. The number of anilines is 1. The Morgan fingerprint density at radius 1 is 1.24 bits per heavy atom. The van der Waals surface area contributed by atoms with Gasteiger partial charge in [0.25, 0.3) is 5.69 Å². The summed E-state index contributed by atoms with van der Waals surface area (Å²) in [6.45, 7) is -0.0345. The van der Waals surface area contributed by atoms with Crippen LogP contribution in [0.25, 0.3) is 0 Å². The summed E-state index contributed by atoms with van der Waals surface area (Å²) >= 11 is 8.72. The third kappa shape index (κ3) is 3.68. The van der Waals surface area contributed by atoms with E-state index in [2.05, 4.69) is 21.2 Å². The number of halogens is 4. The second-order valence-electron chi connectivity index (χ2n) is 4.13. The van der Waals surface area contributed by atoms with Crippen molar-refractivity contribution in [3.63, 3.8) is 0 Å². The third-order valence-corrected chi connectivity index (χ3v) is 3.50.